The standard InChI is InChI=1S/C24H45N5O3/c1-16(2)19(15-29-14-10-12-17(29)21(25)30)28(7)23(32)20(24(3,4)5)26-22(31)18-11-8-9-13-27(18)6/h16-20H,8-15H2,1-7H3,(H2,25,30)(H,26,31)/t17-,18?,19+,20+/m0/s1. The molecule has 0 aromatic rings. The van der Waals surface area contributed by atoms with Gasteiger partial charge in [-0.3, -0.25) is 24.2 Å². The summed E-state index contributed by atoms with van der Waals surface area (Å²) >= 11 is 0. The monoisotopic (exact) mass is 451 g/mol. The number of hydrogen-bond donors (Lipinski definition) is 2. The van der Waals surface area contributed by atoms with Crippen molar-refractivity contribution in [3.05, 3.63) is 0 Å². The van der Waals surface area contributed by atoms with Crippen LogP contribution in [-0.4, -0.2) is 90.3 Å². The summed E-state index contributed by atoms with van der Waals surface area (Å²) in [4.78, 5) is 44.6. The number of rotatable bonds is 8. The van der Waals surface area contributed by atoms with Crippen LogP contribution in [0.1, 0.15) is 66.7 Å². The molecule has 0 spiro atoms. The molecule has 0 saturated carbocycles. The lowest BCUT2D eigenvalue weighted by atomic mass is 9.84. The van der Waals surface area contributed by atoms with E-state index in [2.05, 4.69) is 29.0 Å². The molecule has 0 bridgehead atoms. The molecule has 4 atom stereocenters. The molecule has 8 nitrogen and oxygen atoms in total. The van der Waals surface area contributed by atoms with Crippen molar-refractivity contribution in [2.75, 3.05) is 33.7 Å². The fraction of sp³-hybridized carbons (Fsp3) is 0.875. The molecule has 2 rings (SSSR count). The van der Waals surface area contributed by atoms with Crippen LogP contribution < -0.4 is 11.1 Å². The number of hydrogen-bond acceptors (Lipinski definition) is 5. The van der Waals surface area contributed by atoms with Gasteiger partial charge in [-0.25, -0.2) is 0 Å². The maximum Gasteiger partial charge on any atom is 0.245 e. The second-order valence-corrected chi connectivity index (χ2v) is 11.1. The fourth-order valence-electron chi connectivity index (χ4n) is 5.05. The first-order chi connectivity index (χ1) is 14.8. The van der Waals surface area contributed by atoms with Crippen molar-refractivity contribution in [1.29, 1.82) is 0 Å². The number of amides is 3. The van der Waals surface area contributed by atoms with Crippen LogP contribution in [0.5, 0.6) is 0 Å². The summed E-state index contributed by atoms with van der Waals surface area (Å²) < 4.78 is 0. The van der Waals surface area contributed by atoms with Crippen molar-refractivity contribution >= 4 is 17.7 Å². The number of primary amides is 1. The van der Waals surface area contributed by atoms with Gasteiger partial charge in [-0.1, -0.05) is 41.0 Å². The van der Waals surface area contributed by atoms with Crippen molar-refractivity contribution in [3.63, 3.8) is 0 Å². The molecule has 8 heteroatoms. The molecule has 2 aliphatic rings. The molecule has 0 radical (unpaired) electrons. The number of nitrogens with zero attached hydrogens (tertiary/aromatic N) is 3. The summed E-state index contributed by atoms with van der Waals surface area (Å²) in [5, 5.41) is 3.09. The molecule has 1 unspecified atom stereocenters. The predicted molar refractivity (Wildman–Crippen MR) is 127 cm³/mol. The van der Waals surface area contributed by atoms with Gasteiger partial charge in [0.2, 0.25) is 17.7 Å². The lowest BCUT2D eigenvalue weighted by Crippen LogP contribution is -2.61. The van der Waals surface area contributed by atoms with E-state index >= 15 is 0 Å². The average Bonchev–Trinajstić information content (AvgIpc) is 3.17. The van der Waals surface area contributed by atoms with Crippen molar-refractivity contribution in [1.82, 2.24) is 20.0 Å². The Kier molecular flexibility index (Phi) is 9.11. The van der Waals surface area contributed by atoms with Crippen LogP contribution in [0.3, 0.4) is 0 Å². The summed E-state index contributed by atoms with van der Waals surface area (Å²) in [5.74, 6) is -0.254. The van der Waals surface area contributed by atoms with E-state index in [9.17, 15) is 14.4 Å². The average molecular weight is 452 g/mol. The summed E-state index contributed by atoms with van der Waals surface area (Å²) in [7, 11) is 3.80. The van der Waals surface area contributed by atoms with Crippen LogP contribution in [0.25, 0.3) is 0 Å². The molecule has 32 heavy (non-hydrogen) atoms. The van der Waals surface area contributed by atoms with Crippen LogP contribution in [0.2, 0.25) is 0 Å². The minimum Gasteiger partial charge on any atom is -0.368 e. The SMILES string of the molecule is CC(C)[C@@H](CN1CCC[C@H]1C(N)=O)N(C)C(=O)[C@@H](NC(=O)C1CCCCN1C)C(C)(C)C. The topological polar surface area (TPSA) is 99.0 Å². The molecule has 3 amide bonds. The van der Waals surface area contributed by atoms with E-state index in [0.29, 0.717) is 6.54 Å². The van der Waals surface area contributed by atoms with Gasteiger partial charge in [0.15, 0.2) is 0 Å². The zero-order chi connectivity index (χ0) is 24.2. The molecule has 2 aliphatic heterocycles. The summed E-state index contributed by atoms with van der Waals surface area (Å²) in [6, 6.07) is -1.16. The molecule has 2 saturated heterocycles. The molecular formula is C24H45N5O3. The Balaban J connectivity index is 2.17. The quantitative estimate of drug-likeness (QED) is 0.582. The Morgan fingerprint density at radius 1 is 1.06 bits per heavy atom. The zero-order valence-electron chi connectivity index (χ0n) is 21.2. The first kappa shape index (κ1) is 26.6. The third kappa shape index (κ3) is 6.44. The number of piperidine rings is 1. The third-order valence-corrected chi connectivity index (χ3v) is 7.20. The van der Waals surface area contributed by atoms with Crippen molar-refractivity contribution in [2.24, 2.45) is 17.1 Å². The van der Waals surface area contributed by atoms with Crippen molar-refractivity contribution < 1.29 is 14.4 Å². The first-order valence-electron chi connectivity index (χ1n) is 12.1. The van der Waals surface area contributed by atoms with Gasteiger partial charge < -0.3 is 16.0 Å². The number of likely N-dealkylation sites (tertiary alicyclic amines) is 2. The number of carbonyl (C=O) groups is 3. The molecule has 3 N–H and O–H groups in total. The van der Waals surface area contributed by atoms with Crippen LogP contribution >= 0.6 is 0 Å². The lowest BCUT2D eigenvalue weighted by molar-refractivity contribution is -0.142. The highest BCUT2D eigenvalue weighted by Gasteiger charge is 2.40. The Morgan fingerprint density at radius 3 is 2.22 bits per heavy atom. The molecular weight excluding hydrogens is 406 g/mol. The molecule has 2 heterocycles. The lowest BCUT2D eigenvalue weighted by Gasteiger charge is -2.41. The van der Waals surface area contributed by atoms with Gasteiger partial charge >= 0.3 is 0 Å². The fourth-order valence-corrected chi connectivity index (χ4v) is 5.05. The van der Waals surface area contributed by atoms with E-state index in [1.54, 1.807) is 4.90 Å². The number of nitrogens with two attached hydrogens (primary N) is 1. The van der Waals surface area contributed by atoms with Gasteiger partial charge in [-0.05, 0) is 57.2 Å². The molecule has 2 fully saturated rings. The van der Waals surface area contributed by atoms with Gasteiger partial charge in [0.25, 0.3) is 0 Å². The smallest absolute Gasteiger partial charge is 0.245 e. The second-order valence-electron chi connectivity index (χ2n) is 11.1. The number of likely N-dealkylation sites (N-methyl/N-ethyl adjacent to an activating group) is 2. The Bertz CT molecular complexity index is 675. The maximum absolute atomic E-state index is 13.7. The van der Waals surface area contributed by atoms with Crippen molar-refractivity contribution in [3.8, 4) is 0 Å². The maximum atomic E-state index is 13.7. The Morgan fingerprint density at radius 2 is 1.69 bits per heavy atom. The van der Waals surface area contributed by atoms with E-state index in [4.69, 9.17) is 5.73 Å². The molecule has 0 aliphatic carbocycles. The van der Waals surface area contributed by atoms with Gasteiger partial charge in [0.05, 0.1) is 12.1 Å². The van der Waals surface area contributed by atoms with Crippen LogP contribution in [0, 0.1) is 11.3 Å². The Hall–Kier alpha value is -1.67. The molecule has 0 aromatic carbocycles. The zero-order valence-corrected chi connectivity index (χ0v) is 21.2. The minimum atomic E-state index is -0.623. The first-order valence-corrected chi connectivity index (χ1v) is 12.1. The molecule has 0 aromatic heterocycles. The third-order valence-electron chi connectivity index (χ3n) is 7.20. The number of carbonyl (C=O) groups excluding carboxylic acids is 3. The van der Waals surface area contributed by atoms with E-state index in [1.165, 1.54) is 0 Å². The van der Waals surface area contributed by atoms with E-state index in [0.717, 1.165) is 45.2 Å². The second kappa shape index (κ2) is 11.0. The Labute approximate surface area is 194 Å². The summed E-state index contributed by atoms with van der Waals surface area (Å²) in [5.41, 5.74) is 5.17. The van der Waals surface area contributed by atoms with E-state index in [-0.39, 0.29) is 41.8 Å². The highest BCUT2D eigenvalue weighted by Crippen LogP contribution is 2.26. The predicted octanol–water partition coefficient (Wildman–Crippen LogP) is 1.43. The highest BCUT2D eigenvalue weighted by atomic mass is 16.2. The van der Waals surface area contributed by atoms with E-state index in [1.807, 2.05) is 34.9 Å². The molecule has 184 valence electrons. The largest absolute Gasteiger partial charge is 0.368 e. The normalized spacial score (nSPS) is 24.9. The van der Waals surface area contributed by atoms with E-state index < -0.39 is 11.5 Å². The van der Waals surface area contributed by atoms with Crippen LogP contribution in [-0.2, 0) is 14.4 Å². The van der Waals surface area contributed by atoms with Gasteiger partial charge in [0.1, 0.15) is 6.04 Å². The van der Waals surface area contributed by atoms with Crippen LogP contribution in [0.15, 0.2) is 0 Å². The minimum absolute atomic E-state index is 0.0664. The number of nitrogens with one attached hydrogen (secondary N) is 1. The summed E-state index contributed by atoms with van der Waals surface area (Å²) in [6.45, 7) is 12.5. The summed E-state index contributed by atoms with van der Waals surface area (Å²) in [6.07, 6.45) is 4.66. The van der Waals surface area contributed by atoms with Gasteiger partial charge in [0, 0.05) is 19.6 Å². The van der Waals surface area contributed by atoms with Gasteiger partial charge in [-0.15, -0.1) is 0 Å². The van der Waals surface area contributed by atoms with Crippen LogP contribution in [0.4, 0.5) is 0 Å². The highest BCUT2D eigenvalue weighted by molar-refractivity contribution is 5.90. The van der Waals surface area contributed by atoms with Gasteiger partial charge in [-0.2, -0.15) is 0 Å². The van der Waals surface area contributed by atoms with Crippen molar-refractivity contribution in [2.45, 2.75) is 90.9 Å².